The number of sulfonamides is 1. The van der Waals surface area contributed by atoms with E-state index in [1.807, 2.05) is 32.0 Å². The Morgan fingerprint density at radius 1 is 1.08 bits per heavy atom. The van der Waals surface area contributed by atoms with E-state index in [1.165, 1.54) is 0 Å². The van der Waals surface area contributed by atoms with Crippen LogP contribution in [0.25, 0.3) is 0 Å². The number of aryl methyl sites for hydroxylation is 1. The van der Waals surface area contributed by atoms with Crippen molar-refractivity contribution in [3.8, 4) is 0 Å². The summed E-state index contributed by atoms with van der Waals surface area (Å²) in [4.78, 5) is 2.15. The van der Waals surface area contributed by atoms with Crippen LogP contribution in [0.3, 0.4) is 0 Å². The molecule has 0 fully saturated rings. The molecule has 2 aromatic rings. The average molecular weight is 387 g/mol. The van der Waals surface area contributed by atoms with Gasteiger partial charge in [0.15, 0.2) is 0 Å². The van der Waals surface area contributed by atoms with Gasteiger partial charge in [-0.05, 0) is 56.4 Å². The van der Waals surface area contributed by atoms with Crippen LogP contribution in [0, 0.1) is 6.92 Å². The molecule has 2 aromatic carbocycles. The van der Waals surface area contributed by atoms with Crippen molar-refractivity contribution in [3.05, 3.63) is 63.6 Å². The third-order valence-corrected chi connectivity index (χ3v) is 5.70. The second kappa shape index (κ2) is 7.85. The average Bonchev–Trinajstić information content (AvgIpc) is 2.48. The molecule has 0 aliphatic rings. The molecule has 2 rings (SSSR count). The largest absolute Gasteiger partial charge is 0.307 e. The molecular weight excluding hydrogens is 367 g/mol. The van der Waals surface area contributed by atoms with E-state index in [9.17, 15) is 8.42 Å². The van der Waals surface area contributed by atoms with Crippen LogP contribution in [0.1, 0.15) is 17.2 Å². The first kappa shape index (κ1) is 19.2. The monoisotopic (exact) mass is 386 g/mol. The Morgan fingerprint density at radius 2 is 1.79 bits per heavy atom. The molecular formula is C17H20Cl2N2O2S. The second-order valence-electron chi connectivity index (χ2n) is 5.93. The summed E-state index contributed by atoms with van der Waals surface area (Å²) in [5.41, 5.74) is 1.64. The molecule has 1 atom stereocenters. The summed E-state index contributed by atoms with van der Waals surface area (Å²) in [5, 5.41) is 0.832. The lowest BCUT2D eigenvalue weighted by Gasteiger charge is -2.23. The number of rotatable bonds is 6. The minimum absolute atomic E-state index is 0.242. The standard InChI is InChI=1S/C17H20Cl2N2O2S/c1-12-5-4-6-14(9-12)24(22,23)20-17(11-21(2)3)13-7-8-15(18)16(19)10-13/h4-10,17,20H,11H2,1-3H3. The molecule has 0 saturated carbocycles. The van der Waals surface area contributed by atoms with E-state index in [0.29, 0.717) is 16.6 Å². The zero-order valence-electron chi connectivity index (χ0n) is 13.8. The lowest BCUT2D eigenvalue weighted by molar-refractivity contribution is 0.363. The van der Waals surface area contributed by atoms with Gasteiger partial charge in [-0.2, -0.15) is 0 Å². The Morgan fingerprint density at radius 3 is 2.38 bits per heavy atom. The van der Waals surface area contributed by atoms with Gasteiger partial charge in [-0.1, -0.05) is 41.4 Å². The Kier molecular flexibility index (Phi) is 6.28. The van der Waals surface area contributed by atoms with Gasteiger partial charge in [-0.15, -0.1) is 0 Å². The molecule has 0 radical (unpaired) electrons. The first-order chi connectivity index (χ1) is 11.2. The van der Waals surface area contributed by atoms with Gasteiger partial charge in [-0.25, -0.2) is 13.1 Å². The van der Waals surface area contributed by atoms with Gasteiger partial charge in [0.2, 0.25) is 10.0 Å². The summed E-state index contributed by atoms with van der Waals surface area (Å²) in [7, 11) is 0.109. The molecule has 0 bridgehead atoms. The SMILES string of the molecule is Cc1cccc(S(=O)(=O)NC(CN(C)C)c2ccc(Cl)c(Cl)c2)c1. The fourth-order valence-corrected chi connectivity index (χ4v) is 3.97. The number of nitrogens with one attached hydrogen (secondary N) is 1. The first-order valence-corrected chi connectivity index (χ1v) is 9.61. The lowest BCUT2D eigenvalue weighted by Crippen LogP contribution is -2.35. The fraction of sp³-hybridized carbons (Fsp3) is 0.294. The van der Waals surface area contributed by atoms with Crippen LogP contribution < -0.4 is 4.72 Å². The summed E-state index contributed by atoms with van der Waals surface area (Å²) >= 11 is 12.0. The quantitative estimate of drug-likeness (QED) is 0.818. The third-order valence-electron chi connectivity index (χ3n) is 3.49. The molecule has 1 N–H and O–H groups in total. The van der Waals surface area contributed by atoms with Crippen LogP contribution in [-0.4, -0.2) is 34.0 Å². The zero-order chi connectivity index (χ0) is 17.9. The topological polar surface area (TPSA) is 49.4 Å². The second-order valence-corrected chi connectivity index (χ2v) is 8.45. The fourth-order valence-electron chi connectivity index (χ4n) is 2.34. The highest BCUT2D eigenvalue weighted by molar-refractivity contribution is 7.89. The number of likely N-dealkylation sites (N-methyl/N-ethyl adjacent to an activating group) is 1. The van der Waals surface area contributed by atoms with Crippen molar-refractivity contribution < 1.29 is 8.42 Å². The summed E-state index contributed by atoms with van der Waals surface area (Å²) < 4.78 is 28.2. The molecule has 24 heavy (non-hydrogen) atoms. The van der Waals surface area contributed by atoms with Gasteiger partial charge in [0, 0.05) is 6.54 Å². The number of halogens is 2. The van der Waals surface area contributed by atoms with E-state index in [1.54, 1.807) is 36.4 Å². The lowest BCUT2D eigenvalue weighted by atomic mass is 10.1. The molecule has 0 aliphatic heterocycles. The molecule has 0 aromatic heterocycles. The Bertz CT molecular complexity index is 823. The maximum Gasteiger partial charge on any atom is 0.241 e. The predicted octanol–water partition coefficient (Wildman–Crippen LogP) is 3.88. The van der Waals surface area contributed by atoms with Gasteiger partial charge in [-0.3, -0.25) is 0 Å². The zero-order valence-corrected chi connectivity index (χ0v) is 16.1. The molecule has 4 nitrogen and oxygen atoms in total. The van der Waals surface area contributed by atoms with Gasteiger partial charge >= 0.3 is 0 Å². The van der Waals surface area contributed by atoms with E-state index in [0.717, 1.165) is 11.1 Å². The predicted molar refractivity (Wildman–Crippen MR) is 99.3 cm³/mol. The molecule has 0 spiro atoms. The summed E-state index contributed by atoms with van der Waals surface area (Å²) in [5.74, 6) is 0. The maximum atomic E-state index is 12.7. The van der Waals surface area contributed by atoms with Gasteiger partial charge in [0.25, 0.3) is 0 Å². The van der Waals surface area contributed by atoms with Gasteiger partial charge < -0.3 is 4.90 Å². The molecule has 130 valence electrons. The van der Waals surface area contributed by atoms with Gasteiger partial charge in [0.05, 0.1) is 21.0 Å². The van der Waals surface area contributed by atoms with Crippen molar-refractivity contribution in [2.75, 3.05) is 20.6 Å². The van der Waals surface area contributed by atoms with Crippen LogP contribution in [0.15, 0.2) is 47.4 Å². The van der Waals surface area contributed by atoms with Crippen molar-refractivity contribution in [2.45, 2.75) is 17.9 Å². The minimum Gasteiger partial charge on any atom is -0.307 e. The van der Waals surface area contributed by atoms with Crippen LogP contribution in [0.4, 0.5) is 0 Å². The highest BCUT2D eigenvalue weighted by atomic mass is 35.5. The van der Waals surface area contributed by atoms with Crippen LogP contribution >= 0.6 is 23.2 Å². The molecule has 7 heteroatoms. The van der Waals surface area contributed by atoms with Gasteiger partial charge in [0.1, 0.15) is 0 Å². The summed E-state index contributed by atoms with van der Waals surface area (Å²) in [6.07, 6.45) is 0. The molecule has 0 amide bonds. The highest BCUT2D eigenvalue weighted by Crippen LogP contribution is 2.27. The summed E-state index contributed by atoms with van der Waals surface area (Å²) in [6.45, 7) is 2.35. The maximum absolute atomic E-state index is 12.7. The van der Waals surface area contributed by atoms with Crippen LogP contribution in [0.5, 0.6) is 0 Å². The Hall–Kier alpha value is -1.11. The normalized spacial score (nSPS) is 13.2. The van der Waals surface area contributed by atoms with Crippen LogP contribution in [0.2, 0.25) is 10.0 Å². The molecule has 0 heterocycles. The first-order valence-electron chi connectivity index (χ1n) is 7.38. The van der Waals surface area contributed by atoms with Crippen molar-refractivity contribution in [1.29, 1.82) is 0 Å². The number of hydrogen-bond donors (Lipinski definition) is 1. The number of hydrogen-bond acceptors (Lipinski definition) is 3. The van der Waals surface area contributed by atoms with Crippen molar-refractivity contribution in [3.63, 3.8) is 0 Å². The van der Waals surface area contributed by atoms with E-state index in [4.69, 9.17) is 23.2 Å². The van der Waals surface area contributed by atoms with Crippen molar-refractivity contribution in [2.24, 2.45) is 0 Å². The number of benzene rings is 2. The van der Waals surface area contributed by atoms with E-state index in [2.05, 4.69) is 4.72 Å². The van der Waals surface area contributed by atoms with E-state index in [-0.39, 0.29) is 4.90 Å². The minimum atomic E-state index is -3.65. The molecule has 1 unspecified atom stereocenters. The smallest absolute Gasteiger partial charge is 0.241 e. The Balaban J connectivity index is 2.36. The number of nitrogens with zero attached hydrogens (tertiary/aromatic N) is 1. The highest BCUT2D eigenvalue weighted by Gasteiger charge is 2.22. The van der Waals surface area contributed by atoms with Crippen molar-refractivity contribution in [1.82, 2.24) is 9.62 Å². The van der Waals surface area contributed by atoms with Crippen LogP contribution in [-0.2, 0) is 10.0 Å². The van der Waals surface area contributed by atoms with Crippen molar-refractivity contribution >= 4 is 33.2 Å². The van der Waals surface area contributed by atoms with E-state index >= 15 is 0 Å². The van der Waals surface area contributed by atoms with E-state index < -0.39 is 16.1 Å². The summed E-state index contributed by atoms with van der Waals surface area (Å²) in [6, 6.07) is 11.5. The molecule has 0 saturated heterocycles. The third kappa shape index (κ3) is 4.94. The Labute approximate surface area is 153 Å². The molecule has 0 aliphatic carbocycles.